The topological polar surface area (TPSA) is 50.4 Å². The van der Waals surface area contributed by atoms with Crippen LogP contribution in [0, 0.1) is 12.7 Å². The van der Waals surface area contributed by atoms with Gasteiger partial charge in [0.05, 0.1) is 18.4 Å². The molecule has 7 heteroatoms. The molecule has 2 N–H and O–H groups in total. The Bertz CT molecular complexity index is 817. The smallest absolute Gasteiger partial charge is 0.341 e. The molecular weight excluding hydrogens is 347 g/mol. The van der Waals surface area contributed by atoms with E-state index in [2.05, 4.69) is 10.6 Å². The van der Waals surface area contributed by atoms with Crippen LogP contribution in [-0.4, -0.2) is 18.2 Å². The van der Waals surface area contributed by atoms with Gasteiger partial charge in [-0.2, -0.15) is 0 Å². The summed E-state index contributed by atoms with van der Waals surface area (Å²) in [6.45, 7) is 1.88. The normalized spacial score (nSPS) is 12.6. The number of rotatable bonds is 3. The second-order valence-electron chi connectivity index (χ2n) is 5.62. The minimum atomic E-state index is -0.383. The highest BCUT2D eigenvalue weighted by molar-refractivity contribution is 7.80. The summed E-state index contributed by atoms with van der Waals surface area (Å²) < 4.78 is 18.7. The van der Waals surface area contributed by atoms with E-state index < -0.39 is 0 Å². The number of esters is 1. The van der Waals surface area contributed by atoms with Crippen molar-refractivity contribution < 1.29 is 13.9 Å². The molecule has 3 rings (SSSR count). The van der Waals surface area contributed by atoms with E-state index in [4.69, 9.17) is 17.0 Å². The number of anilines is 2. The molecule has 24 heavy (non-hydrogen) atoms. The predicted octanol–water partition coefficient (Wildman–Crippen LogP) is 4.28. The van der Waals surface area contributed by atoms with Crippen molar-refractivity contribution in [3.63, 3.8) is 0 Å². The number of hydrogen-bond donors (Lipinski definition) is 2. The van der Waals surface area contributed by atoms with E-state index in [0.29, 0.717) is 16.3 Å². The molecular formula is C17H17FN2O2S2. The number of hydrogen-bond acceptors (Lipinski definition) is 4. The Morgan fingerprint density at radius 2 is 2.12 bits per heavy atom. The third kappa shape index (κ3) is 3.27. The van der Waals surface area contributed by atoms with Crippen LogP contribution < -0.4 is 10.6 Å². The zero-order valence-corrected chi connectivity index (χ0v) is 15.0. The van der Waals surface area contributed by atoms with Crippen LogP contribution in [-0.2, 0) is 17.6 Å². The minimum Gasteiger partial charge on any atom is -0.465 e. The number of carbonyl (C=O) groups is 1. The molecule has 1 heterocycles. The second-order valence-corrected chi connectivity index (χ2v) is 7.13. The van der Waals surface area contributed by atoms with Gasteiger partial charge in [-0.3, -0.25) is 0 Å². The van der Waals surface area contributed by atoms with E-state index in [1.807, 2.05) is 6.92 Å². The van der Waals surface area contributed by atoms with E-state index in [-0.39, 0.29) is 16.9 Å². The molecule has 0 atom stereocenters. The predicted molar refractivity (Wildman–Crippen MR) is 98.7 cm³/mol. The van der Waals surface area contributed by atoms with Gasteiger partial charge in [0, 0.05) is 4.88 Å². The number of aryl methyl sites for hydroxylation is 2. The van der Waals surface area contributed by atoms with Crippen molar-refractivity contribution in [2.45, 2.75) is 26.2 Å². The molecule has 0 saturated heterocycles. The van der Waals surface area contributed by atoms with E-state index in [9.17, 15) is 9.18 Å². The number of benzene rings is 1. The summed E-state index contributed by atoms with van der Waals surface area (Å²) in [5.74, 6) is -0.756. The zero-order chi connectivity index (χ0) is 17.3. The van der Waals surface area contributed by atoms with Crippen LogP contribution in [0.5, 0.6) is 0 Å². The number of nitrogens with one attached hydrogen (secondary N) is 2. The second kappa shape index (κ2) is 6.86. The summed E-state index contributed by atoms with van der Waals surface area (Å²) in [4.78, 5) is 13.3. The Labute approximate surface area is 149 Å². The Kier molecular flexibility index (Phi) is 4.82. The molecule has 1 aromatic heterocycles. The van der Waals surface area contributed by atoms with Crippen LogP contribution in [0.2, 0.25) is 0 Å². The standard InChI is InChI=1S/C17H17FN2O2S2/c1-9-6-7-11(18)12(8-9)19-17(23)20-15-14(16(21)22-2)10-4-3-5-13(10)24-15/h6-8H,3-5H2,1-2H3,(H2,19,20,23). The van der Waals surface area contributed by atoms with E-state index in [0.717, 1.165) is 30.4 Å². The Hall–Kier alpha value is -1.99. The van der Waals surface area contributed by atoms with Gasteiger partial charge in [0.1, 0.15) is 10.8 Å². The van der Waals surface area contributed by atoms with Gasteiger partial charge in [-0.1, -0.05) is 6.07 Å². The lowest BCUT2D eigenvalue weighted by Gasteiger charge is -2.12. The van der Waals surface area contributed by atoms with Crippen molar-refractivity contribution in [3.8, 4) is 0 Å². The average Bonchev–Trinajstić information content (AvgIpc) is 3.10. The average molecular weight is 364 g/mol. The third-order valence-electron chi connectivity index (χ3n) is 3.91. The van der Waals surface area contributed by atoms with Crippen molar-refractivity contribution in [2.75, 3.05) is 17.7 Å². The summed E-state index contributed by atoms with van der Waals surface area (Å²) in [6, 6.07) is 4.76. The molecule has 1 aliphatic carbocycles. The molecule has 0 spiro atoms. The SMILES string of the molecule is COC(=O)c1c(NC(=S)Nc2cc(C)ccc2F)sc2c1CCC2. The molecule has 126 valence electrons. The van der Waals surface area contributed by atoms with Crippen molar-refractivity contribution in [1.82, 2.24) is 0 Å². The van der Waals surface area contributed by atoms with Crippen LogP contribution in [0.25, 0.3) is 0 Å². The Balaban J connectivity index is 1.82. The first-order chi connectivity index (χ1) is 11.5. The lowest BCUT2D eigenvalue weighted by molar-refractivity contribution is 0.0601. The molecule has 1 aromatic carbocycles. The number of thiophene rings is 1. The number of ether oxygens (including phenoxy) is 1. The number of fused-ring (bicyclic) bond motifs is 1. The molecule has 0 amide bonds. The van der Waals surface area contributed by atoms with Gasteiger partial charge in [-0.05, 0) is 61.7 Å². The molecule has 0 fully saturated rings. The number of halogens is 1. The maximum Gasteiger partial charge on any atom is 0.341 e. The molecule has 0 bridgehead atoms. The van der Waals surface area contributed by atoms with E-state index in [1.165, 1.54) is 29.4 Å². The highest BCUT2D eigenvalue weighted by atomic mass is 32.1. The maximum absolute atomic E-state index is 13.8. The fraction of sp³-hybridized carbons (Fsp3) is 0.294. The van der Waals surface area contributed by atoms with Crippen LogP contribution in [0.4, 0.5) is 15.1 Å². The van der Waals surface area contributed by atoms with Crippen molar-refractivity contribution in [3.05, 3.63) is 45.6 Å². The highest BCUT2D eigenvalue weighted by Gasteiger charge is 2.27. The molecule has 2 aromatic rings. The van der Waals surface area contributed by atoms with E-state index in [1.54, 1.807) is 12.1 Å². The summed E-state index contributed by atoms with van der Waals surface area (Å²) >= 11 is 6.78. The van der Waals surface area contributed by atoms with Gasteiger partial charge in [0.25, 0.3) is 0 Å². The molecule has 1 aliphatic rings. The van der Waals surface area contributed by atoms with Gasteiger partial charge in [0.2, 0.25) is 0 Å². The van der Waals surface area contributed by atoms with Gasteiger partial charge < -0.3 is 15.4 Å². The van der Waals surface area contributed by atoms with Gasteiger partial charge in [0.15, 0.2) is 5.11 Å². The molecule has 0 saturated carbocycles. The summed E-state index contributed by atoms with van der Waals surface area (Å²) in [5, 5.41) is 6.76. The minimum absolute atomic E-state index is 0.240. The summed E-state index contributed by atoms with van der Waals surface area (Å²) in [6.07, 6.45) is 2.87. The van der Waals surface area contributed by atoms with Crippen molar-refractivity contribution >= 4 is 45.3 Å². The van der Waals surface area contributed by atoms with Crippen molar-refractivity contribution in [1.29, 1.82) is 0 Å². The molecule has 4 nitrogen and oxygen atoms in total. The number of carbonyl (C=O) groups excluding carboxylic acids is 1. The Morgan fingerprint density at radius 3 is 2.88 bits per heavy atom. The Morgan fingerprint density at radius 1 is 1.33 bits per heavy atom. The lowest BCUT2D eigenvalue weighted by atomic mass is 10.1. The molecule has 0 unspecified atom stereocenters. The van der Waals surface area contributed by atoms with Crippen LogP contribution in [0.1, 0.15) is 32.8 Å². The largest absolute Gasteiger partial charge is 0.465 e. The summed E-state index contributed by atoms with van der Waals surface area (Å²) in [7, 11) is 1.36. The third-order valence-corrected chi connectivity index (χ3v) is 5.32. The first-order valence-corrected chi connectivity index (χ1v) is 8.79. The first-order valence-electron chi connectivity index (χ1n) is 7.56. The number of methoxy groups -OCH3 is 1. The molecule has 0 aliphatic heterocycles. The van der Waals surface area contributed by atoms with Gasteiger partial charge >= 0.3 is 5.97 Å². The summed E-state index contributed by atoms with van der Waals surface area (Å²) in [5.41, 5.74) is 2.81. The first kappa shape index (κ1) is 16.9. The quantitative estimate of drug-likeness (QED) is 0.629. The van der Waals surface area contributed by atoms with E-state index >= 15 is 0 Å². The monoisotopic (exact) mass is 364 g/mol. The highest BCUT2D eigenvalue weighted by Crippen LogP contribution is 2.39. The number of thiocarbonyl (C=S) groups is 1. The molecule has 0 radical (unpaired) electrons. The van der Waals surface area contributed by atoms with Gasteiger partial charge in [-0.25, -0.2) is 9.18 Å². The van der Waals surface area contributed by atoms with Gasteiger partial charge in [-0.15, -0.1) is 11.3 Å². The van der Waals surface area contributed by atoms with Crippen LogP contribution >= 0.6 is 23.6 Å². The van der Waals surface area contributed by atoms with Crippen molar-refractivity contribution in [2.24, 2.45) is 0 Å². The van der Waals surface area contributed by atoms with Crippen LogP contribution in [0.3, 0.4) is 0 Å². The lowest BCUT2D eigenvalue weighted by Crippen LogP contribution is -2.21. The fourth-order valence-electron chi connectivity index (χ4n) is 2.80. The fourth-order valence-corrected chi connectivity index (χ4v) is 4.36. The van der Waals surface area contributed by atoms with Crippen LogP contribution in [0.15, 0.2) is 18.2 Å². The maximum atomic E-state index is 13.8. The zero-order valence-electron chi connectivity index (χ0n) is 13.4.